The summed E-state index contributed by atoms with van der Waals surface area (Å²) in [7, 11) is 0. The summed E-state index contributed by atoms with van der Waals surface area (Å²) in [6.07, 6.45) is -1.45. The molecule has 2 rings (SSSR count). The maximum atomic E-state index is 13.3. The first-order chi connectivity index (χ1) is 9.20. The number of likely N-dealkylation sites (tertiary alicyclic amines) is 1. The van der Waals surface area contributed by atoms with Crippen molar-refractivity contribution in [1.82, 2.24) is 4.90 Å². The third-order valence-corrected chi connectivity index (χ3v) is 3.16. The van der Waals surface area contributed by atoms with E-state index in [0.29, 0.717) is 6.54 Å². The van der Waals surface area contributed by atoms with Crippen molar-refractivity contribution in [3.8, 4) is 6.07 Å². The number of benzene rings is 1. The molecule has 1 saturated heterocycles. The zero-order chi connectivity index (χ0) is 13.7. The molecule has 0 saturated carbocycles. The number of amides is 1. The molecule has 1 aliphatic heterocycles. The molecule has 4 nitrogen and oxygen atoms in total. The molecule has 2 unspecified atom stereocenters. The van der Waals surface area contributed by atoms with Crippen LogP contribution in [0.25, 0.3) is 0 Å². The molecule has 0 spiro atoms. The number of halogens is 2. The van der Waals surface area contributed by atoms with Gasteiger partial charge in [0.05, 0.1) is 12.0 Å². The molecule has 1 heterocycles. The maximum absolute atomic E-state index is 13.3. The molecule has 1 amide bonds. The molecule has 0 N–H and O–H groups in total. The van der Waals surface area contributed by atoms with Gasteiger partial charge in [-0.05, 0) is 12.0 Å². The minimum atomic E-state index is -1.15. The van der Waals surface area contributed by atoms with Crippen molar-refractivity contribution in [2.45, 2.75) is 19.2 Å². The minimum Gasteiger partial charge on any atom is -0.445 e. The molecular weight excluding hydrogens is 283 g/mol. The summed E-state index contributed by atoms with van der Waals surface area (Å²) >= 11 is 0. The molecule has 0 aliphatic carbocycles. The summed E-state index contributed by atoms with van der Waals surface area (Å²) in [5.41, 5.74) is 0.896. The molecule has 20 heavy (non-hydrogen) atoms. The largest absolute Gasteiger partial charge is 0.445 e. The van der Waals surface area contributed by atoms with Crippen molar-refractivity contribution in [1.29, 1.82) is 5.26 Å². The van der Waals surface area contributed by atoms with E-state index in [4.69, 9.17) is 10.00 Å². The van der Waals surface area contributed by atoms with E-state index in [9.17, 15) is 9.18 Å². The fraction of sp³-hybridized carbons (Fsp3) is 0.429. The minimum absolute atomic E-state index is 0. The Morgan fingerprint density at radius 2 is 2.15 bits per heavy atom. The van der Waals surface area contributed by atoms with E-state index >= 15 is 0 Å². The van der Waals surface area contributed by atoms with Gasteiger partial charge >= 0.3 is 6.09 Å². The average molecular weight is 299 g/mol. The van der Waals surface area contributed by atoms with E-state index < -0.39 is 18.2 Å². The highest BCUT2D eigenvalue weighted by Gasteiger charge is 2.32. The summed E-state index contributed by atoms with van der Waals surface area (Å²) in [5.74, 6) is -0.752. The summed E-state index contributed by atoms with van der Waals surface area (Å²) in [4.78, 5) is 13.2. The van der Waals surface area contributed by atoms with Gasteiger partial charge in [-0.25, -0.2) is 9.18 Å². The number of rotatable bonds is 2. The van der Waals surface area contributed by atoms with Gasteiger partial charge in [0.25, 0.3) is 0 Å². The van der Waals surface area contributed by atoms with Gasteiger partial charge in [0.1, 0.15) is 12.8 Å². The maximum Gasteiger partial charge on any atom is 0.410 e. The molecule has 2 atom stereocenters. The van der Waals surface area contributed by atoms with Crippen molar-refractivity contribution >= 4 is 18.5 Å². The highest BCUT2D eigenvalue weighted by molar-refractivity contribution is 5.85. The smallest absolute Gasteiger partial charge is 0.410 e. The Bertz CT molecular complexity index is 478. The highest BCUT2D eigenvalue weighted by Crippen LogP contribution is 2.20. The molecular formula is C14H16ClFN2O2. The van der Waals surface area contributed by atoms with Gasteiger partial charge in [-0.2, -0.15) is 5.26 Å². The Morgan fingerprint density at radius 1 is 1.45 bits per heavy atom. The van der Waals surface area contributed by atoms with Crippen LogP contribution in [0.5, 0.6) is 0 Å². The van der Waals surface area contributed by atoms with Crippen LogP contribution in [0.1, 0.15) is 12.0 Å². The second kappa shape index (κ2) is 7.71. The third kappa shape index (κ3) is 4.10. The van der Waals surface area contributed by atoms with E-state index in [1.807, 2.05) is 36.4 Å². The van der Waals surface area contributed by atoms with Gasteiger partial charge in [-0.1, -0.05) is 30.3 Å². The second-order valence-electron chi connectivity index (χ2n) is 4.53. The summed E-state index contributed by atoms with van der Waals surface area (Å²) < 4.78 is 18.5. The monoisotopic (exact) mass is 298 g/mol. The summed E-state index contributed by atoms with van der Waals surface area (Å²) in [6.45, 7) is 0.588. The van der Waals surface area contributed by atoms with Crippen LogP contribution in [0.3, 0.4) is 0 Å². The van der Waals surface area contributed by atoms with E-state index in [1.54, 1.807) is 0 Å². The number of ether oxygens (including phenoxy) is 1. The number of hydrogen-bond donors (Lipinski definition) is 0. The summed E-state index contributed by atoms with van der Waals surface area (Å²) in [5, 5.41) is 8.80. The fourth-order valence-corrected chi connectivity index (χ4v) is 2.02. The lowest BCUT2D eigenvalue weighted by Crippen LogP contribution is -2.44. The molecule has 0 radical (unpaired) electrons. The lowest BCUT2D eigenvalue weighted by Gasteiger charge is -2.31. The summed E-state index contributed by atoms with van der Waals surface area (Å²) in [6, 6.07) is 11.2. The second-order valence-corrected chi connectivity index (χ2v) is 4.53. The van der Waals surface area contributed by atoms with Crippen molar-refractivity contribution < 1.29 is 13.9 Å². The van der Waals surface area contributed by atoms with Crippen molar-refractivity contribution in [2.24, 2.45) is 5.92 Å². The Labute approximate surface area is 123 Å². The van der Waals surface area contributed by atoms with Gasteiger partial charge in [0.2, 0.25) is 0 Å². The Hall–Kier alpha value is -1.80. The van der Waals surface area contributed by atoms with Gasteiger partial charge in [0, 0.05) is 13.1 Å². The number of carbonyl (C=O) groups is 1. The predicted molar refractivity (Wildman–Crippen MR) is 74.1 cm³/mol. The third-order valence-electron chi connectivity index (χ3n) is 3.16. The van der Waals surface area contributed by atoms with Crippen LogP contribution >= 0.6 is 12.4 Å². The molecule has 0 bridgehead atoms. The predicted octanol–water partition coefficient (Wildman–Crippen LogP) is 2.93. The van der Waals surface area contributed by atoms with Crippen LogP contribution < -0.4 is 0 Å². The van der Waals surface area contributed by atoms with E-state index in [1.165, 1.54) is 4.90 Å². The zero-order valence-electron chi connectivity index (χ0n) is 10.9. The molecule has 108 valence electrons. The lowest BCUT2D eigenvalue weighted by atomic mass is 9.98. The normalized spacial score (nSPS) is 21.5. The zero-order valence-corrected chi connectivity index (χ0v) is 11.7. The highest BCUT2D eigenvalue weighted by atomic mass is 35.5. The van der Waals surface area contributed by atoms with Gasteiger partial charge in [0.15, 0.2) is 0 Å². The van der Waals surface area contributed by atoms with Crippen molar-refractivity contribution in [3.63, 3.8) is 0 Å². The number of piperidine rings is 1. The number of nitriles is 1. The number of hydrogen-bond acceptors (Lipinski definition) is 3. The average Bonchev–Trinajstić information content (AvgIpc) is 2.46. The first-order valence-electron chi connectivity index (χ1n) is 6.20. The number of carbonyl (C=O) groups excluding carboxylic acids is 1. The van der Waals surface area contributed by atoms with Crippen LogP contribution in [0.15, 0.2) is 30.3 Å². The standard InChI is InChI=1S/C14H15FN2O2.ClH/c15-13-6-7-17(9-12(13)8-16)14(18)19-10-11-4-2-1-3-5-11;/h1-5,12-13H,6-7,9-10H2;1H. The van der Waals surface area contributed by atoms with Crippen LogP contribution in [-0.4, -0.2) is 30.3 Å². The first-order valence-corrected chi connectivity index (χ1v) is 6.20. The number of nitrogens with zero attached hydrogens (tertiary/aromatic N) is 2. The van der Waals surface area contributed by atoms with E-state index in [-0.39, 0.29) is 32.0 Å². The van der Waals surface area contributed by atoms with Gasteiger partial charge in [-0.3, -0.25) is 0 Å². The molecule has 6 heteroatoms. The van der Waals surface area contributed by atoms with Gasteiger partial charge < -0.3 is 9.64 Å². The van der Waals surface area contributed by atoms with E-state index in [2.05, 4.69) is 0 Å². The Kier molecular flexibility index (Phi) is 6.26. The molecule has 1 aromatic carbocycles. The topological polar surface area (TPSA) is 53.3 Å². The van der Waals surface area contributed by atoms with Gasteiger partial charge in [-0.15, -0.1) is 12.4 Å². The number of alkyl halides is 1. The SMILES string of the molecule is Cl.N#CC1CN(C(=O)OCc2ccccc2)CCC1F. The van der Waals surface area contributed by atoms with E-state index in [0.717, 1.165) is 5.56 Å². The quantitative estimate of drug-likeness (QED) is 0.843. The molecule has 1 fully saturated rings. The van der Waals surface area contributed by atoms with Crippen molar-refractivity contribution in [2.75, 3.05) is 13.1 Å². The lowest BCUT2D eigenvalue weighted by molar-refractivity contribution is 0.0655. The first kappa shape index (κ1) is 16.3. The van der Waals surface area contributed by atoms with Crippen LogP contribution in [-0.2, 0) is 11.3 Å². The Balaban J connectivity index is 0.00000200. The fourth-order valence-electron chi connectivity index (χ4n) is 2.02. The van der Waals surface area contributed by atoms with Crippen molar-refractivity contribution in [3.05, 3.63) is 35.9 Å². The molecule has 0 aromatic heterocycles. The van der Waals surface area contributed by atoms with Crippen LogP contribution in [0, 0.1) is 17.2 Å². The Morgan fingerprint density at radius 3 is 2.80 bits per heavy atom. The molecule has 1 aliphatic rings. The van der Waals surface area contributed by atoms with Crippen LogP contribution in [0.4, 0.5) is 9.18 Å². The molecule has 1 aromatic rings. The van der Waals surface area contributed by atoms with Crippen LogP contribution in [0.2, 0.25) is 0 Å².